The van der Waals surface area contributed by atoms with Crippen LogP contribution >= 0.6 is 15.9 Å². The van der Waals surface area contributed by atoms with Crippen molar-refractivity contribution in [2.45, 2.75) is 13.3 Å². The molecule has 0 unspecified atom stereocenters. The van der Waals surface area contributed by atoms with Crippen LogP contribution in [0.15, 0.2) is 35.1 Å². The quantitative estimate of drug-likeness (QED) is 0.934. The smallest absolute Gasteiger partial charge is 0.207 e. The summed E-state index contributed by atoms with van der Waals surface area (Å²) >= 11 is 3.24. The summed E-state index contributed by atoms with van der Waals surface area (Å²) in [4.78, 5) is 4.17. The zero-order chi connectivity index (χ0) is 12.3. The molecule has 0 saturated heterocycles. The molecule has 3 nitrogen and oxygen atoms in total. The summed E-state index contributed by atoms with van der Waals surface area (Å²) in [5.74, 6) is 0.380. The number of halogens is 2. The molecular weight excluding hydrogens is 285 g/mol. The molecule has 0 saturated carbocycles. The standard InChI is InChI=1S/C12H13BrFN3/c1-2-5-15-12-16-6-7-17(12)11-4-3-9(13)8-10(11)14/h3-4,6-8H,2,5H2,1H3,(H,15,16). The number of anilines is 1. The Labute approximate surface area is 108 Å². The van der Waals surface area contributed by atoms with Crippen LogP contribution in [0.4, 0.5) is 10.3 Å². The van der Waals surface area contributed by atoms with E-state index >= 15 is 0 Å². The maximum atomic E-state index is 13.8. The molecule has 0 aliphatic heterocycles. The molecular formula is C12H13BrFN3. The number of benzene rings is 1. The van der Waals surface area contributed by atoms with Crippen molar-refractivity contribution in [1.29, 1.82) is 0 Å². The van der Waals surface area contributed by atoms with Crippen molar-refractivity contribution in [2.75, 3.05) is 11.9 Å². The molecule has 0 spiro atoms. The van der Waals surface area contributed by atoms with E-state index in [1.807, 2.05) is 6.07 Å². The van der Waals surface area contributed by atoms with Crippen molar-refractivity contribution in [3.05, 3.63) is 40.9 Å². The van der Waals surface area contributed by atoms with E-state index in [2.05, 4.69) is 33.2 Å². The lowest BCUT2D eigenvalue weighted by Gasteiger charge is -2.10. The molecule has 1 heterocycles. The van der Waals surface area contributed by atoms with Gasteiger partial charge in [0.25, 0.3) is 0 Å². The highest BCUT2D eigenvalue weighted by Crippen LogP contribution is 2.21. The van der Waals surface area contributed by atoms with E-state index in [1.54, 1.807) is 23.0 Å². The summed E-state index contributed by atoms with van der Waals surface area (Å²) in [6.07, 6.45) is 4.39. The predicted molar refractivity (Wildman–Crippen MR) is 70.0 cm³/mol. The highest BCUT2D eigenvalue weighted by molar-refractivity contribution is 9.10. The molecule has 0 atom stereocenters. The van der Waals surface area contributed by atoms with Crippen molar-refractivity contribution < 1.29 is 4.39 Å². The largest absolute Gasteiger partial charge is 0.355 e. The first-order valence-corrected chi connectivity index (χ1v) is 6.24. The van der Waals surface area contributed by atoms with Crippen LogP contribution < -0.4 is 5.32 Å². The highest BCUT2D eigenvalue weighted by Gasteiger charge is 2.09. The van der Waals surface area contributed by atoms with Crippen LogP contribution in [0.1, 0.15) is 13.3 Å². The van der Waals surface area contributed by atoms with Crippen LogP contribution in [-0.4, -0.2) is 16.1 Å². The van der Waals surface area contributed by atoms with Crippen molar-refractivity contribution >= 4 is 21.9 Å². The molecule has 5 heteroatoms. The average Bonchev–Trinajstić information content (AvgIpc) is 2.74. The Kier molecular flexibility index (Phi) is 3.78. The molecule has 90 valence electrons. The van der Waals surface area contributed by atoms with Crippen LogP contribution in [0.25, 0.3) is 5.69 Å². The van der Waals surface area contributed by atoms with Gasteiger partial charge in [0.15, 0.2) is 0 Å². The normalized spacial score (nSPS) is 10.5. The van der Waals surface area contributed by atoms with Crippen LogP contribution in [0.2, 0.25) is 0 Å². The second-order valence-electron chi connectivity index (χ2n) is 3.64. The van der Waals surface area contributed by atoms with E-state index in [0.29, 0.717) is 11.6 Å². The molecule has 0 amide bonds. The third-order valence-electron chi connectivity index (χ3n) is 2.34. The lowest BCUT2D eigenvalue weighted by molar-refractivity contribution is 0.617. The van der Waals surface area contributed by atoms with Crippen LogP contribution in [0.5, 0.6) is 0 Å². The van der Waals surface area contributed by atoms with E-state index < -0.39 is 0 Å². The molecule has 1 aromatic heterocycles. The minimum atomic E-state index is -0.281. The van der Waals surface area contributed by atoms with Gasteiger partial charge in [-0.25, -0.2) is 9.37 Å². The van der Waals surface area contributed by atoms with Crippen LogP contribution in [0, 0.1) is 5.82 Å². The summed E-state index contributed by atoms with van der Waals surface area (Å²) in [5.41, 5.74) is 0.490. The molecule has 0 bridgehead atoms. The third-order valence-corrected chi connectivity index (χ3v) is 2.84. The lowest BCUT2D eigenvalue weighted by atomic mass is 10.3. The summed E-state index contributed by atoms with van der Waals surface area (Å²) in [6, 6.07) is 4.97. The number of hydrogen-bond donors (Lipinski definition) is 1. The molecule has 0 aliphatic carbocycles. The molecule has 2 aromatic rings. The summed E-state index contributed by atoms with van der Waals surface area (Å²) < 4.78 is 16.2. The van der Waals surface area contributed by atoms with Gasteiger partial charge in [-0.3, -0.25) is 4.57 Å². The average molecular weight is 298 g/mol. The molecule has 1 aromatic carbocycles. The minimum Gasteiger partial charge on any atom is -0.355 e. The number of nitrogens with one attached hydrogen (secondary N) is 1. The fraction of sp³-hybridized carbons (Fsp3) is 0.250. The Morgan fingerprint density at radius 1 is 1.47 bits per heavy atom. The third kappa shape index (κ3) is 2.66. The van der Waals surface area contributed by atoms with E-state index in [-0.39, 0.29) is 5.82 Å². The van der Waals surface area contributed by atoms with Gasteiger partial charge in [-0.15, -0.1) is 0 Å². The Hall–Kier alpha value is -1.36. The molecule has 17 heavy (non-hydrogen) atoms. The number of imidazole rings is 1. The predicted octanol–water partition coefficient (Wildman–Crippen LogP) is 3.60. The fourth-order valence-electron chi connectivity index (χ4n) is 1.54. The second-order valence-corrected chi connectivity index (χ2v) is 4.56. The maximum Gasteiger partial charge on any atom is 0.207 e. The zero-order valence-electron chi connectivity index (χ0n) is 9.45. The van der Waals surface area contributed by atoms with Crippen LogP contribution in [-0.2, 0) is 0 Å². The van der Waals surface area contributed by atoms with Crippen molar-refractivity contribution in [3.63, 3.8) is 0 Å². The van der Waals surface area contributed by atoms with E-state index in [9.17, 15) is 4.39 Å². The van der Waals surface area contributed by atoms with Gasteiger partial charge >= 0.3 is 0 Å². The van der Waals surface area contributed by atoms with Gasteiger partial charge in [-0.2, -0.15) is 0 Å². The van der Waals surface area contributed by atoms with E-state index in [4.69, 9.17) is 0 Å². The summed E-state index contributed by atoms with van der Waals surface area (Å²) in [7, 11) is 0. The number of rotatable bonds is 4. The summed E-state index contributed by atoms with van der Waals surface area (Å²) in [6.45, 7) is 2.88. The molecule has 0 aliphatic rings. The Morgan fingerprint density at radius 2 is 2.29 bits per heavy atom. The Morgan fingerprint density at radius 3 is 3.00 bits per heavy atom. The SMILES string of the molecule is CCCNc1nccn1-c1ccc(Br)cc1F. The van der Waals surface area contributed by atoms with Gasteiger partial charge in [0.05, 0.1) is 5.69 Å². The zero-order valence-corrected chi connectivity index (χ0v) is 11.0. The van der Waals surface area contributed by atoms with Crippen molar-refractivity contribution in [3.8, 4) is 5.69 Å². The fourth-order valence-corrected chi connectivity index (χ4v) is 1.88. The van der Waals surface area contributed by atoms with Gasteiger partial charge < -0.3 is 5.32 Å². The maximum absolute atomic E-state index is 13.8. The van der Waals surface area contributed by atoms with Gasteiger partial charge in [0.2, 0.25) is 5.95 Å². The Balaban J connectivity index is 2.35. The molecule has 2 rings (SSSR count). The second kappa shape index (κ2) is 5.31. The van der Waals surface area contributed by atoms with E-state index in [1.165, 1.54) is 6.07 Å². The first kappa shape index (κ1) is 12.1. The molecule has 0 radical (unpaired) electrons. The minimum absolute atomic E-state index is 0.281. The molecule has 1 N–H and O–H groups in total. The lowest BCUT2D eigenvalue weighted by Crippen LogP contribution is -2.07. The van der Waals surface area contributed by atoms with Gasteiger partial charge in [0.1, 0.15) is 5.82 Å². The molecule has 0 fully saturated rings. The first-order valence-electron chi connectivity index (χ1n) is 5.45. The first-order chi connectivity index (χ1) is 8.22. The topological polar surface area (TPSA) is 29.9 Å². The highest BCUT2D eigenvalue weighted by atomic mass is 79.9. The van der Waals surface area contributed by atoms with Gasteiger partial charge in [-0.05, 0) is 24.6 Å². The van der Waals surface area contributed by atoms with E-state index in [0.717, 1.165) is 17.4 Å². The van der Waals surface area contributed by atoms with Gasteiger partial charge in [-0.1, -0.05) is 22.9 Å². The Bertz CT molecular complexity index is 510. The van der Waals surface area contributed by atoms with Crippen molar-refractivity contribution in [2.24, 2.45) is 0 Å². The van der Waals surface area contributed by atoms with Crippen molar-refractivity contribution in [1.82, 2.24) is 9.55 Å². The monoisotopic (exact) mass is 297 g/mol. The summed E-state index contributed by atoms with van der Waals surface area (Å²) in [5, 5.41) is 3.16. The van der Waals surface area contributed by atoms with Crippen LogP contribution in [0.3, 0.4) is 0 Å². The van der Waals surface area contributed by atoms with Gasteiger partial charge in [0, 0.05) is 23.4 Å². The number of hydrogen-bond acceptors (Lipinski definition) is 2. The number of aromatic nitrogens is 2. The number of nitrogens with zero attached hydrogens (tertiary/aromatic N) is 2.